The van der Waals surface area contributed by atoms with E-state index in [4.69, 9.17) is 37.9 Å². The highest BCUT2D eigenvalue weighted by molar-refractivity contribution is 7.80. The lowest BCUT2D eigenvalue weighted by Gasteiger charge is -2.50. The molecule has 0 aromatic heterocycles. The molecular formula is C34H55N3O22S. The van der Waals surface area contributed by atoms with E-state index in [2.05, 4.69) is 28.6 Å². The maximum absolute atomic E-state index is 13.8. The van der Waals surface area contributed by atoms with Crippen LogP contribution in [0.25, 0.3) is 0 Å². The van der Waals surface area contributed by atoms with Crippen LogP contribution < -0.4 is 16.0 Å². The SMILES string of the molecule is COC1C(C(=O)O)OC(OC2C(O)C(CO)OC(OC3C(C(=O)CNC(=O)CCS)OC(OC4C(O)C(CO)OC(C)C4NC(C)=O)C(O)C3O)C2NC(C)=O)C(O)C1O. The fourth-order valence-corrected chi connectivity index (χ4v) is 7.53. The van der Waals surface area contributed by atoms with Crippen LogP contribution in [-0.2, 0) is 61.9 Å². The Morgan fingerprint density at radius 1 is 0.633 bits per heavy atom. The predicted molar refractivity (Wildman–Crippen MR) is 195 cm³/mol. The number of ether oxygens (including phenoxy) is 8. The van der Waals surface area contributed by atoms with Gasteiger partial charge in [0.15, 0.2) is 30.8 Å². The normalized spacial score (nSPS) is 42.1. The third kappa shape index (κ3) is 11.4. The van der Waals surface area contributed by atoms with Crippen molar-refractivity contribution >= 4 is 42.1 Å². The molecule has 0 radical (unpaired) electrons. The standard InChI is InChI=1S/C34H55N3O22S/c1-10-17(36-11(2)40)26(19(44)14(8-38)53-10)56-33-24(49)22(47)29(25(55-33)13(42)7-35-16(43)5-6-60)58-32-18(37-12(3)41)27(20(45)15(9-39)54-32)57-34-23(48)21(46)28(52-4)30(59-34)31(50)51/h10,14-15,17-30,32-34,38-39,44-49,60H,5-9H2,1-4H3,(H,35,43)(H,36,40)(H,37,41)(H,50,51). The summed E-state index contributed by atoms with van der Waals surface area (Å²) in [7, 11) is 1.05. The predicted octanol–water partition coefficient (Wildman–Crippen LogP) is -7.63. The van der Waals surface area contributed by atoms with Crippen molar-refractivity contribution in [2.75, 3.05) is 32.6 Å². The first kappa shape index (κ1) is 49.9. The number of thiol groups is 1. The van der Waals surface area contributed by atoms with Crippen molar-refractivity contribution in [2.24, 2.45) is 0 Å². The molecule has 3 amide bonds. The minimum absolute atomic E-state index is 0.109. The summed E-state index contributed by atoms with van der Waals surface area (Å²) in [5, 5.41) is 104. The van der Waals surface area contributed by atoms with Gasteiger partial charge in [-0.2, -0.15) is 12.6 Å². The fraction of sp³-hybridized carbons (Fsp3) is 0.853. The van der Waals surface area contributed by atoms with E-state index in [0.29, 0.717) is 0 Å². The maximum Gasteiger partial charge on any atom is 0.335 e. The number of carboxylic acid groups (broad SMARTS) is 1. The molecule has 4 heterocycles. The van der Waals surface area contributed by atoms with Gasteiger partial charge >= 0.3 is 5.97 Å². The minimum atomic E-state index is -2.20. The molecule has 20 unspecified atom stereocenters. The van der Waals surface area contributed by atoms with Gasteiger partial charge in [-0.3, -0.25) is 19.2 Å². The average Bonchev–Trinajstić information content (AvgIpc) is 3.19. The topological polar surface area (TPSA) is 377 Å². The van der Waals surface area contributed by atoms with Gasteiger partial charge in [-0.1, -0.05) is 0 Å². The molecule has 4 rings (SSSR count). The Labute approximate surface area is 347 Å². The zero-order valence-corrected chi connectivity index (χ0v) is 33.8. The monoisotopic (exact) mass is 889 g/mol. The summed E-state index contributed by atoms with van der Waals surface area (Å²) in [6, 6.07) is -2.88. The van der Waals surface area contributed by atoms with Gasteiger partial charge < -0.3 is 99.8 Å². The number of carbonyl (C=O) groups excluding carboxylic acids is 4. The molecular weight excluding hydrogens is 834 g/mol. The number of carboxylic acids is 1. The summed E-state index contributed by atoms with van der Waals surface area (Å²) in [5.74, 6) is -4.56. The molecule has 344 valence electrons. The molecule has 4 aliphatic heterocycles. The van der Waals surface area contributed by atoms with E-state index in [1.807, 2.05) is 0 Å². The Kier molecular flexibility index (Phi) is 18.3. The number of ketones is 1. The van der Waals surface area contributed by atoms with Crippen LogP contribution in [0.1, 0.15) is 27.2 Å². The van der Waals surface area contributed by atoms with Gasteiger partial charge in [0.1, 0.15) is 85.4 Å². The molecule has 0 spiro atoms. The second-order valence-corrected chi connectivity index (χ2v) is 15.0. The molecule has 4 fully saturated rings. The quantitative estimate of drug-likeness (QED) is 0.0603. The van der Waals surface area contributed by atoms with Crippen LogP contribution in [0.2, 0.25) is 0 Å². The van der Waals surface area contributed by atoms with Gasteiger partial charge in [0.05, 0.1) is 31.9 Å². The van der Waals surface area contributed by atoms with Gasteiger partial charge in [-0.25, -0.2) is 4.79 Å². The summed E-state index contributed by atoms with van der Waals surface area (Å²) < 4.78 is 45.4. The molecule has 0 aliphatic carbocycles. The number of aliphatic carboxylic acids is 1. The largest absolute Gasteiger partial charge is 0.479 e. The zero-order chi connectivity index (χ0) is 44.7. The van der Waals surface area contributed by atoms with E-state index in [9.17, 15) is 69.9 Å². The van der Waals surface area contributed by atoms with E-state index in [1.165, 1.54) is 6.92 Å². The number of methoxy groups -OCH3 is 1. The summed E-state index contributed by atoms with van der Waals surface area (Å²) >= 11 is 3.98. The lowest BCUT2D eigenvalue weighted by atomic mass is 9.92. The van der Waals surface area contributed by atoms with Crippen LogP contribution in [-0.4, -0.2) is 231 Å². The van der Waals surface area contributed by atoms with E-state index in [0.717, 1.165) is 21.0 Å². The first-order valence-electron chi connectivity index (χ1n) is 18.9. The third-order valence-corrected chi connectivity index (χ3v) is 10.6. The molecule has 20 atom stereocenters. The van der Waals surface area contributed by atoms with Crippen molar-refractivity contribution in [3.63, 3.8) is 0 Å². The number of hydrogen-bond donors (Lipinski definition) is 13. The van der Waals surface area contributed by atoms with Crippen LogP contribution in [0.4, 0.5) is 0 Å². The van der Waals surface area contributed by atoms with Crippen LogP contribution >= 0.6 is 12.6 Å². The van der Waals surface area contributed by atoms with E-state index < -0.39 is 172 Å². The molecule has 26 heteroatoms. The highest BCUT2D eigenvalue weighted by Crippen LogP contribution is 2.35. The number of amides is 3. The molecule has 4 aliphatic rings. The van der Waals surface area contributed by atoms with Gasteiger partial charge in [-0.05, 0) is 12.7 Å². The van der Waals surface area contributed by atoms with Crippen molar-refractivity contribution in [3.05, 3.63) is 0 Å². The number of rotatable bonds is 17. The Morgan fingerprint density at radius 3 is 1.62 bits per heavy atom. The van der Waals surface area contributed by atoms with Crippen molar-refractivity contribution < 1.29 is 108 Å². The second-order valence-electron chi connectivity index (χ2n) is 14.6. The highest BCUT2D eigenvalue weighted by atomic mass is 32.1. The molecule has 12 N–H and O–H groups in total. The smallest absolute Gasteiger partial charge is 0.335 e. The first-order valence-corrected chi connectivity index (χ1v) is 19.5. The van der Waals surface area contributed by atoms with E-state index in [-0.39, 0.29) is 12.2 Å². The second kappa shape index (κ2) is 22.1. The number of nitrogens with one attached hydrogen (secondary N) is 3. The summed E-state index contributed by atoms with van der Waals surface area (Å²) in [6.45, 7) is 1.23. The Morgan fingerprint density at radius 2 is 1.12 bits per heavy atom. The summed E-state index contributed by atoms with van der Waals surface area (Å²) in [4.78, 5) is 62.8. The van der Waals surface area contributed by atoms with Gasteiger partial charge in [0.25, 0.3) is 0 Å². The summed E-state index contributed by atoms with van der Waals surface area (Å²) in [5.41, 5.74) is 0. The highest BCUT2D eigenvalue weighted by Gasteiger charge is 2.57. The Hall–Kier alpha value is -2.74. The number of Topliss-reactive ketones (excluding diaryl/α,β-unsaturated/α-hetero) is 1. The zero-order valence-electron chi connectivity index (χ0n) is 32.9. The number of carbonyl (C=O) groups is 5. The fourth-order valence-electron chi connectivity index (χ4n) is 7.33. The van der Waals surface area contributed by atoms with Crippen molar-refractivity contribution in [1.29, 1.82) is 0 Å². The lowest BCUT2D eigenvalue weighted by molar-refractivity contribution is -0.365. The van der Waals surface area contributed by atoms with Crippen LogP contribution in [0.15, 0.2) is 0 Å². The van der Waals surface area contributed by atoms with Gasteiger partial charge in [-0.15, -0.1) is 0 Å². The van der Waals surface area contributed by atoms with E-state index in [1.54, 1.807) is 0 Å². The molecule has 0 aromatic carbocycles. The van der Waals surface area contributed by atoms with Crippen molar-refractivity contribution in [1.82, 2.24) is 16.0 Å². The molecule has 0 saturated carbocycles. The molecule has 60 heavy (non-hydrogen) atoms. The Balaban J connectivity index is 1.70. The molecule has 25 nitrogen and oxygen atoms in total. The number of aliphatic hydroxyl groups excluding tert-OH is 8. The summed E-state index contributed by atoms with van der Waals surface area (Å²) in [6.07, 6.45) is -32.7. The minimum Gasteiger partial charge on any atom is -0.479 e. The van der Waals surface area contributed by atoms with Gasteiger partial charge in [0.2, 0.25) is 17.7 Å². The maximum atomic E-state index is 13.8. The van der Waals surface area contributed by atoms with Crippen LogP contribution in [0, 0.1) is 0 Å². The van der Waals surface area contributed by atoms with Crippen LogP contribution in [0.3, 0.4) is 0 Å². The molecule has 0 bridgehead atoms. The number of hydrogen-bond acceptors (Lipinski definition) is 22. The third-order valence-electron chi connectivity index (χ3n) is 10.3. The van der Waals surface area contributed by atoms with Crippen molar-refractivity contribution in [2.45, 2.75) is 150 Å². The van der Waals surface area contributed by atoms with E-state index >= 15 is 0 Å². The average molecular weight is 890 g/mol. The molecule has 0 aromatic rings. The first-order chi connectivity index (χ1) is 28.3. The van der Waals surface area contributed by atoms with Crippen molar-refractivity contribution in [3.8, 4) is 0 Å². The number of aliphatic hydroxyl groups is 8. The lowest BCUT2D eigenvalue weighted by Crippen LogP contribution is -2.71. The van der Waals surface area contributed by atoms with Gasteiger partial charge in [0, 0.05) is 27.4 Å². The Bertz CT molecular complexity index is 1480. The molecule has 4 saturated heterocycles. The van der Waals surface area contributed by atoms with Crippen LogP contribution in [0.5, 0.6) is 0 Å².